The van der Waals surface area contributed by atoms with Crippen LogP contribution in [0.3, 0.4) is 0 Å². The van der Waals surface area contributed by atoms with Gasteiger partial charge in [-0.05, 0) is 105 Å². The summed E-state index contributed by atoms with van der Waals surface area (Å²) < 4.78 is 79.9. The second-order valence-corrected chi connectivity index (χ2v) is 14.1. The van der Waals surface area contributed by atoms with E-state index in [-0.39, 0.29) is 30.1 Å². The smallest absolute Gasteiger partial charge is 0.393 e. The van der Waals surface area contributed by atoms with Gasteiger partial charge in [-0.1, -0.05) is 50.5 Å². The second kappa shape index (κ2) is 12.5. The van der Waals surface area contributed by atoms with Gasteiger partial charge in [-0.3, -0.25) is 0 Å². The van der Waals surface area contributed by atoms with Gasteiger partial charge in [0.2, 0.25) is 0 Å². The van der Waals surface area contributed by atoms with E-state index in [9.17, 15) is 46.8 Å². The highest BCUT2D eigenvalue weighted by molar-refractivity contribution is 5.39. The van der Waals surface area contributed by atoms with Crippen molar-refractivity contribution in [3.63, 3.8) is 0 Å². The van der Waals surface area contributed by atoms with Gasteiger partial charge < -0.3 is 20.4 Å². The fraction of sp³-hybridized carbons (Fsp3) is 0.758. The predicted octanol–water partition coefficient (Wildman–Crippen LogP) is 7.32. The minimum Gasteiger partial charge on any atom is -0.393 e. The highest BCUT2D eigenvalue weighted by Gasteiger charge is 2.70. The van der Waals surface area contributed by atoms with Crippen molar-refractivity contribution in [1.29, 1.82) is 0 Å². The number of aliphatic hydroxyl groups excluding tert-OH is 2. The molecule has 3 rings (SSSR count). The standard InChI is InChI=1S/C33H46F6O4/c1-21-23(19-24(40)20-26(21)41)11-10-22-9-6-17-30(5)25(22)12-13-27(30)29(4,15-7-14-28(2,3)42)16-8-18-31(43,32(34,35)36)33(37,38)39/h10-11,24-27,40-43H,1,6-7,9,12-17,19-20H2,2-5H3/t24-,25?,26+,27-,29-,30+/m1/s1. The summed E-state index contributed by atoms with van der Waals surface area (Å²) in [6.07, 6.45) is -3.77. The summed E-state index contributed by atoms with van der Waals surface area (Å²) in [6, 6.07) is 0. The van der Waals surface area contributed by atoms with Gasteiger partial charge in [0.25, 0.3) is 0 Å². The number of hydrogen-bond acceptors (Lipinski definition) is 4. The highest BCUT2D eigenvalue weighted by atomic mass is 19.4. The molecule has 4 nitrogen and oxygen atoms in total. The first-order valence-corrected chi connectivity index (χ1v) is 15.1. The molecule has 0 aliphatic heterocycles. The van der Waals surface area contributed by atoms with Gasteiger partial charge in [-0.15, -0.1) is 0 Å². The lowest BCUT2D eigenvalue weighted by molar-refractivity contribution is -0.343. The molecule has 4 N–H and O–H groups in total. The molecule has 0 heterocycles. The third-order valence-electron chi connectivity index (χ3n) is 10.2. The van der Waals surface area contributed by atoms with E-state index in [1.807, 2.05) is 19.1 Å². The maximum Gasteiger partial charge on any atom is 0.438 e. The number of hydrogen-bond donors (Lipinski definition) is 4. The molecule has 0 aromatic heterocycles. The third-order valence-corrected chi connectivity index (χ3v) is 10.2. The first kappa shape index (κ1) is 35.7. The molecule has 3 aliphatic carbocycles. The average molecular weight is 621 g/mol. The molecule has 0 spiro atoms. The molecule has 0 amide bonds. The number of fused-ring (bicyclic) bond motifs is 1. The van der Waals surface area contributed by atoms with Crippen molar-refractivity contribution in [2.75, 3.05) is 0 Å². The van der Waals surface area contributed by atoms with Gasteiger partial charge in [0.05, 0.1) is 17.8 Å². The molecule has 3 aliphatic rings. The van der Waals surface area contributed by atoms with Crippen molar-refractivity contribution in [3.8, 4) is 11.8 Å². The molecule has 0 aromatic rings. The molecular weight excluding hydrogens is 574 g/mol. The zero-order chi connectivity index (χ0) is 32.6. The van der Waals surface area contributed by atoms with Gasteiger partial charge in [-0.25, -0.2) is 0 Å². The van der Waals surface area contributed by atoms with Crippen LogP contribution in [0.2, 0.25) is 0 Å². The zero-order valence-corrected chi connectivity index (χ0v) is 25.5. The van der Waals surface area contributed by atoms with Gasteiger partial charge in [0.1, 0.15) is 0 Å². The van der Waals surface area contributed by atoms with E-state index in [0.29, 0.717) is 37.7 Å². The van der Waals surface area contributed by atoms with Crippen LogP contribution in [0.15, 0.2) is 35.5 Å². The molecule has 1 unspecified atom stereocenters. The lowest BCUT2D eigenvalue weighted by Gasteiger charge is -2.49. The van der Waals surface area contributed by atoms with Crippen molar-refractivity contribution in [1.82, 2.24) is 0 Å². The predicted molar refractivity (Wildman–Crippen MR) is 152 cm³/mol. The number of halogens is 6. The second-order valence-electron chi connectivity index (χ2n) is 14.1. The lowest BCUT2D eigenvalue weighted by Crippen LogP contribution is -2.55. The first-order valence-electron chi connectivity index (χ1n) is 15.1. The molecular formula is C33H46F6O4. The largest absolute Gasteiger partial charge is 0.438 e. The normalized spacial score (nSPS) is 32.4. The van der Waals surface area contributed by atoms with E-state index in [1.165, 1.54) is 5.57 Å². The lowest BCUT2D eigenvalue weighted by atomic mass is 9.55. The topological polar surface area (TPSA) is 80.9 Å². The van der Waals surface area contributed by atoms with Gasteiger partial charge >= 0.3 is 18.0 Å². The van der Waals surface area contributed by atoms with Crippen molar-refractivity contribution in [2.45, 2.75) is 134 Å². The summed E-state index contributed by atoms with van der Waals surface area (Å²) in [4.78, 5) is 0. The summed E-state index contributed by atoms with van der Waals surface area (Å²) in [7, 11) is 0. The Morgan fingerprint density at radius 3 is 2.19 bits per heavy atom. The minimum atomic E-state index is -6.01. The Hall–Kier alpha value is -1.80. The summed E-state index contributed by atoms with van der Waals surface area (Å²) >= 11 is 0. The van der Waals surface area contributed by atoms with Gasteiger partial charge in [0.15, 0.2) is 0 Å². The van der Waals surface area contributed by atoms with Crippen molar-refractivity contribution >= 4 is 0 Å². The molecule has 0 bridgehead atoms. The van der Waals surface area contributed by atoms with Crippen LogP contribution in [0.25, 0.3) is 0 Å². The molecule has 3 saturated carbocycles. The van der Waals surface area contributed by atoms with E-state index < -0.39 is 41.2 Å². The molecule has 3 fully saturated rings. The first-order chi connectivity index (χ1) is 19.5. The van der Waals surface area contributed by atoms with Crippen LogP contribution in [-0.4, -0.2) is 56.2 Å². The molecule has 0 radical (unpaired) electrons. The average Bonchev–Trinajstić information content (AvgIpc) is 3.21. The van der Waals surface area contributed by atoms with Crippen molar-refractivity contribution in [2.24, 2.45) is 22.7 Å². The Bertz CT molecular complexity index is 1140. The summed E-state index contributed by atoms with van der Waals surface area (Å²) in [5, 5.41) is 40.2. The van der Waals surface area contributed by atoms with E-state index >= 15 is 0 Å². The van der Waals surface area contributed by atoms with Crippen LogP contribution in [-0.2, 0) is 0 Å². The number of allylic oxidation sites excluding steroid dienone is 3. The Balaban J connectivity index is 1.95. The molecule has 0 saturated heterocycles. The SMILES string of the molecule is C=C1C(=CC=C2CCC[C@@]3(C)C2CC[C@@H]3[C@@](C)(CC#CC(O)(C(F)(F)F)C(F)(F)F)CCCC(C)(C)O)C[C@@H](O)C[C@@H]1O. The number of aliphatic hydroxyl groups is 4. The van der Waals surface area contributed by atoms with Crippen LogP contribution >= 0.6 is 0 Å². The molecule has 0 aromatic carbocycles. The third kappa shape index (κ3) is 7.71. The maximum absolute atomic E-state index is 13.3. The molecule has 244 valence electrons. The fourth-order valence-electron chi connectivity index (χ4n) is 7.84. The van der Waals surface area contributed by atoms with Crippen molar-refractivity contribution < 1.29 is 46.8 Å². The highest BCUT2D eigenvalue weighted by Crippen LogP contribution is 2.63. The maximum atomic E-state index is 13.3. The van der Waals surface area contributed by atoms with Gasteiger partial charge in [0, 0.05) is 12.8 Å². The fourth-order valence-corrected chi connectivity index (χ4v) is 7.84. The van der Waals surface area contributed by atoms with E-state index in [4.69, 9.17) is 0 Å². The van der Waals surface area contributed by atoms with E-state index in [2.05, 4.69) is 19.4 Å². The Morgan fingerprint density at radius 2 is 1.60 bits per heavy atom. The zero-order valence-electron chi connectivity index (χ0n) is 25.5. The van der Waals surface area contributed by atoms with Crippen LogP contribution in [0.1, 0.15) is 98.3 Å². The monoisotopic (exact) mass is 620 g/mol. The van der Waals surface area contributed by atoms with Gasteiger partial charge in [-0.2, -0.15) is 26.3 Å². The minimum absolute atomic E-state index is 0.0735. The molecule has 6 atom stereocenters. The quantitative estimate of drug-likeness (QED) is 0.178. The summed E-state index contributed by atoms with van der Waals surface area (Å²) in [5.74, 6) is 3.35. The molecule has 10 heteroatoms. The molecule has 43 heavy (non-hydrogen) atoms. The Kier molecular flexibility index (Phi) is 10.4. The van der Waals surface area contributed by atoms with E-state index in [1.54, 1.807) is 13.8 Å². The van der Waals surface area contributed by atoms with E-state index in [0.717, 1.165) is 37.2 Å². The van der Waals surface area contributed by atoms with Crippen LogP contribution < -0.4 is 0 Å². The van der Waals surface area contributed by atoms with Crippen LogP contribution in [0.5, 0.6) is 0 Å². The Morgan fingerprint density at radius 1 is 0.977 bits per heavy atom. The van der Waals surface area contributed by atoms with Crippen LogP contribution in [0, 0.1) is 34.5 Å². The summed E-state index contributed by atoms with van der Waals surface area (Å²) in [6.45, 7) is 11.3. The number of rotatable bonds is 7. The number of alkyl halides is 6. The summed E-state index contributed by atoms with van der Waals surface area (Å²) in [5.41, 5.74) is -4.60. The van der Waals surface area contributed by atoms with Crippen LogP contribution in [0.4, 0.5) is 26.3 Å². The Labute approximate surface area is 251 Å². The van der Waals surface area contributed by atoms with Crippen molar-refractivity contribution in [3.05, 3.63) is 35.5 Å².